The highest BCUT2D eigenvalue weighted by molar-refractivity contribution is 5.83. The van der Waals surface area contributed by atoms with Crippen LogP contribution in [0.1, 0.15) is 55.7 Å². The topological polar surface area (TPSA) is 37.3 Å². The maximum Gasteiger partial charge on any atom is 0.137 e. The Morgan fingerprint density at radius 1 is 1.41 bits per heavy atom. The minimum atomic E-state index is -0.0583. The lowest BCUT2D eigenvalue weighted by atomic mass is 9.86. The predicted molar refractivity (Wildman–Crippen MR) is 70.0 cm³/mol. The molecule has 1 rings (SSSR count). The molecule has 1 N–H and O–H groups in total. The largest absolute Gasteiger partial charge is 0.392 e. The van der Waals surface area contributed by atoms with E-state index in [0.29, 0.717) is 0 Å². The third-order valence-corrected chi connectivity index (χ3v) is 3.32. The monoisotopic (exact) mass is 234 g/mol. The summed E-state index contributed by atoms with van der Waals surface area (Å²) >= 11 is 0. The van der Waals surface area contributed by atoms with Crippen molar-refractivity contribution in [1.29, 1.82) is 0 Å². The van der Waals surface area contributed by atoms with Gasteiger partial charge in [0.2, 0.25) is 0 Å². The molecule has 2 heteroatoms. The fourth-order valence-electron chi connectivity index (χ4n) is 2.25. The molecule has 1 aromatic carbocycles. The van der Waals surface area contributed by atoms with Crippen LogP contribution in [-0.4, -0.2) is 10.9 Å². The summed E-state index contributed by atoms with van der Waals surface area (Å²) in [4.78, 5) is 11.7. The Kier molecular flexibility index (Phi) is 5.36. The van der Waals surface area contributed by atoms with Gasteiger partial charge in [-0.3, -0.25) is 4.79 Å². The van der Waals surface area contributed by atoms with Gasteiger partial charge in [-0.25, -0.2) is 0 Å². The number of benzene rings is 1. The number of aryl methyl sites for hydroxylation is 1. The molecule has 0 heterocycles. The minimum absolute atomic E-state index is 0.0118. The normalized spacial score (nSPS) is 12.5. The Bertz CT molecular complexity index is 383. The van der Waals surface area contributed by atoms with Crippen LogP contribution < -0.4 is 0 Å². The zero-order chi connectivity index (χ0) is 12.8. The first-order chi connectivity index (χ1) is 8.11. The van der Waals surface area contributed by atoms with Crippen LogP contribution >= 0.6 is 0 Å². The number of carbonyl (C=O) groups excluding carboxylic acids is 1. The van der Waals surface area contributed by atoms with Gasteiger partial charge in [-0.1, -0.05) is 38.0 Å². The molecule has 0 saturated carbocycles. The molecule has 94 valence electrons. The fourth-order valence-corrected chi connectivity index (χ4v) is 2.25. The fraction of sp³-hybridized carbons (Fsp3) is 0.533. The van der Waals surface area contributed by atoms with E-state index in [1.807, 2.05) is 25.1 Å². The number of aliphatic hydroxyl groups is 1. The van der Waals surface area contributed by atoms with E-state index in [1.165, 1.54) is 0 Å². The SMILES string of the molecule is CCCCC(C(C)=O)c1cccc(C)c1CO. The molecule has 17 heavy (non-hydrogen) atoms. The van der Waals surface area contributed by atoms with E-state index in [1.54, 1.807) is 6.92 Å². The smallest absolute Gasteiger partial charge is 0.137 e. The Balaban J connectivity index is 3.09. The van der Waals surface area contributed by atoms with Crippen molar-refractivity contribution in [3.8, 4) is 0 Å². The number of ketones is 1. The van der Waals surface area contributed by atoms with Gasteiger partial charge in [0.25, 0.3) is 0 Å². The van der Waals surface area contributed by atoms with Crippen molar-refractivity contribution in [2.75, 3.05) is 0 Å². The molecular formula is C15H22O2. The van der Waals surface area contributed by atoms with Gasteiger partial charge in [-0.15, -0.1) is 0 Å². The van der Waals surface area contributed by atoms with Crippen molar-refractivity contribution < 1.29 is 9.90 Å². The first-order valence-electron chi connectivity index (χ1n) is 6.31. The summed E-state index contributed by atoms with van der Waals surface area (Å²) in [6.07, 6.45) is 3.01. The molecule has 0 fully saturated rings. The van der Waals surface area contributed by atoms with Gasteiger partial charge < -0.3 is 5.11 Å². The van der Waals surface area contributed by atoms with E-state index in [9.17, 15) is 9.90 Å². The lowest BCUT2D eigenvalue weighted by Gasteiger charge is -2.18. The van der Waals surface area contributed by atoms with Crippen molar-refractivity contribution in [2.45, 2.75) is 52.6 Å². The van der Waals surface area contributed by atoms with Gasteiger partial charge in [0.15, 0.2) is 0 Å². The van der Waals surface area contributed by atoms with Crippen LogP contribution in [0.25, 0.3) is 0 Å². The molecule has 0 radical (unpaired) electrons. The molecule has 0 aliphatic rings. The van der Waals surface area contributed by atoms with E-state index in [-0.39, 0.29) is 18.3 Å². The van der Waals surface area contributed by atoms with E-state index in [0.717, 1.165) is 36.0 Å². The molecule has 1 atom stereocenters. The second-order valence-electron chi connectivity index (χ2n) is 4.61. The number of hydrogen-bond donors (Lipinski definition) is 1. The minimum Gasteiger partial charge on any atom is -0.392 e. The highest BCUT2D eigenvalue weighted by Gasteiger charge is 2.19. The van der Waals surface area contributed by atoms with Gasteiger partial charge >= 0.3 is 0 Å². The van der Waals surface area contributed by atoms with Crippen LogP contribution in [-0.2, 0) is 11.4 Å². The van der Waals surface area contributed by atoms with Crippen molar-refractivity contribution in [3.63, 3.8) is 0 Å². The molecule has 0 aromatic heterocycles. The van der Waals surface area contributed by atoms with Crippen molar-refractivity contribution in [2.24, 2.45) is 0 Å². The number of carbonyl (C=O) groups is 1. The van der Waals surface area contributed by atoms with Gasteiger partial charge in [-0.05, 0) is 37.0 Å². The molecule has 0 aliphatic carbocycles. The third-order valence-electron chi connectivity index (χ3n) is 3.32. The number of unbranched alkanes of at least 4 members (excludes halogenated alkanes) is 1. The van der Waals surface area contributed by atoms with Gasteiger partial charge in [0.1, 0.15) is 5.78 Å². The van der Waals surface area contributed by atoms with E-state index in [4.69, 9.17) is 0 Å². The van der Waals surface area contributed by atoms with Crippen molar-refractivity contribution in [1.82, 2.24) is 0 Å². The van der Waals surface area contributed by atoms with Crippen LogP contribution in [0.5, 0.6) is 0 Å². The summed E-state index contributed by atoms with van der Waals surface area (Å²) in [7, 11) is 0. The van der Waals surface area contributed by atoms with Crippen molar-refractivity contribution in [3.05, 3.63) is 34.9 Å². The Hall–Kier alpha value is -1.15. The maximum atomic E-state index is 11.7. The molecule has 0 saturated heterocycles. The van der Waals surface area contributed by atoms with Crippen LogP contribution in [0.3, 0.4) is 0 Å². The third kappa shape index (κ3) is 3.40. The van der Waals surface area contributed by atoms with E-state index in [2.05, 4.69) is 6.92 Å². The number of hydrogen-bond acceptors (Lipinski definition) is 2. The Labute approximate surface area is 104 Å². The zero-order valence-corrected chi connectivity index (χ0v) is 11.0. The summed E-state index contributed by atoms with van der Waals surface area (Å²) in [5.74, 6) is 0.135. The molecule has 0 spiro atoms. The first kappa shape index (κ1) is 13.9. The summed E-state index contributed by atoms with van der Waals surface area (Å²) < 4.78 is 0. The summed E-state index contributed by atoms with van der Waals surface area (Å²) in [5, 5.41) is 9.44. The average Bonchev–Trinajstić information content (AvgIpc) is 2.29. The van der Waals surface area contributed by atoms with Gasteiger partial charge in [0.05, 0.1) is 6.61 Å². The van der Waals surface area contributed by atoms with Crippen LogP contribution in [0.15, 0.2) is 18.2 Å². The van der Waals surface area contributed by atoms with E-state index < -0.39 is 0 Å². The molecular weight excluding hydrogens is 212 g/mol. The second kappa shape index (κ2) is 6.55. The molecule has 0 aliphatic heterocycles. The van der Waals surface area contributed by atoms with Gasteiger partial charge in [0, 0.05) is 5.92 Å². The first-order valence-corrected chi connectivity index (χ1v) is 6.31. The van der Waals surface area contributed by atoms with Crippen LogP contribution in [0, 0.1) is 6.92 Å². The summed E-state index contributed by atoms with van der Waals surface area (Å²) in [5.41, 5.74) is 2.99. The van der Waals surface area contributed by atoms with Gasteiger partial charge in [-0.2, -0.15) is 0 Å². The highest BCUT2D eigenvalue weighted by Crippen LogP contribution is 2.28. The quantitative estimate of drug-likeness (QED) is 0.819. The Morgan fingerprint density at radius 3 is 2.65 bits per heavy atom. The van der Waals surface area contributed by atoms with Crippen molar-refractivity contribution >= 4 is 5.78 Å². The van der Waals surface area contributed by atoms with Crippen LogP contribution in [0.4, 0.5) is 0 Å². The molecule has 0 bridgehead atoms. The molecule has 0 amide bonds. The summed E-state index contributed by atoms with van der Waals surface area (Å²) in [6, 6.07) is 5.91. The Morgan fingerprint density at radius 2 is 2.12 bits per heavy atom. The standard InChI is InChI=1S/C15H22O2/c1-4-5-8-13(12(3)17)14-9-6-7-11(2)15(14)10-16/h6-7,9,13,16H,4-5,8,10H2,1-3H3. The second-order valence-corrected chi connectivity index (χ2v) is 4.61. The lowest BCUT2D eigenvalue weighted by Crippen LogP contribution is -2.12. The molecule has 1 aromatic rings. The number of Topliss-reactive ketones (excluding diaryl/α,β-unsaturated/α-hetero) is 1. The molecule has 1 unspecified atom stereocenters. The number of aliphatic hydroxyl groups excluding tert-OH is 1. The van der Waals surface area contributed by atoms with Crippen LogP contribution in [0.2, 0.25) is 0 Å². The molecule has 2 nitrogen and oxygen atoms in total. The number of rotatable bonds is 6. The predicted octanol–water partition coefficient (Wildman–Crippen LogP) is 3.35. The highest BCUT2D eigenvalue weighted by atomic mass is 16.3. The lowest BCUT2D eigenvalue weighted by molar-refractivity contribution is -0.118. The summed E-state index contributed by atoms with van der Waals surface area (Å²) in [6.45, 7) is 5.76. The zero-order valence-electron chi connectivity index (χ0n) is 11.0. The average molecular weight is 234 g/mol. The van der Waals surface area contributed by atoms with E-state index >= 15 is 0 Å². The maximum absolute atomic E-state index is 11.7.